The second-order valence-electron chi connectivity index (χ2n) is 4.13. The van der Waals surface area contributed by atoms with Gasteiger partial charge < -0.3 is 20.1 Å². The molecule has 1 aromatic carbocycles. The number of anilines is 1. The van der Waals surface area contributed by atoms with Gasteiger partial charge in [0.1, 0.15) is 11.5 Å². The highest BCUT2D eigenvalue weighted by molar-refractivity contribution is 7.82. The van der Waals surface area contributed by atoms with Gasteiger partial charge in [-0.3, -0.25) is 4.79 Å². The average molecular weight is 296 g/mol. The molecule has 1 aromatic rings. The van der Waals surface area contributed by atoms with E-state index in [2.05, 4.69) is 17.6 Å². The van der Waals surface area contributed by atoms with Gasteiger partial charge in [0, 0.05) is 12.6 Å². The number of carbonyl (C=O) groups excluding carboxylic acids is 1. The molecule has 20 heavy (non-hydrogen) atoms. The lowest BCUT2D eigenvalue weighted by molar-refractivity contribution is -0.110. The van der Waals surface area contributed by atoms with E-state index < -0.39 is 0 Å². The Morgan fingerprint density at radius 2 is 2.05 bits per heavy atom. The quantitative estimate of drug-likeness (QED) is 0.623. The fourth-order valence-corrected chi connectivity index (χ4v) is 1.70. The molecular weight excluding hydrogens is 276 g/mol. The Bertz CT molecular complexity index is 477. The highest BCUT2D eigenvalue weighted by Crippen LogP contribution is 2.28. The van der Waals surface area contributed by atoms with Crippen LogP contribution >= 0.6 is 12.2 Å². The number of nitrogens with one attached hydrogen (secondary N) is 2. The van der Waals surface area contributed by atoms with Crippen molar-refractivity contribution < 1.29 is 14.3 Å². The molecule has 0 atom stereocenters. The Morgan fingerprint density at radius 3 is 2.65 bits per heavy atom. The van der Waals surface area contributed by atoms with Crippen molar-refractivity contribution >= 4 is 28.8 Å². The van der Waals surface area contributed by atoms with Gasteiger partial charge in [0.25, 0.3) is 5.91 Å². The van der Waals surface area contributed by atoms with Crippen molar-refractivity contribution in [1.82, 2.24) is 5.32 Å². The Kier molecular flexibility index (Phi) is 6.79. The molecule has 0 saturated heterocycles. The number of carbonyl (C=O) groups is 1. The van der Waals surface area contributed by atoms with Crippen LogP contribution in [0.5, 0.6) is 11.5 Å². The lowest BCUT2D eigenvalue weighted by Gasteiger charge is -2.12. The van der Waals surface area contributed by atoms with E-state index in [-0.39, 0.29) is 10.9 Å². The number of hydrogen-bond acceptors (Lipinski definition) is 4. The predicted molar refractivity (Wildman–Crippen MR) is 83.7 cm³/mol. The third-order valence-corrected chi connectivity index (χ3v) is 3.01. The van der Waals surface area contributed by atoms with E-state index >= 15 is 0 Å². The molecule has 0 aromatic heterocycles. The lowest BCUT2D eigenvalue weighted by Crippen LogP contribution is -2.34. The van der Waals surface area contributed by atoms with E-state index in [1.54, 1.807) is 25.3 Å². The Balaban J connectivity index is 2.71. The summed E-state index contributed by atoms with van der Waals surface area (Å²) in [5.41, 5.74) is 0.525. The van der Waals surface area contributed by atoms with Crippen molar-refractivity contribution in [3.05, 3.63) is 18.2 Å². The van der Waals surface area contributed by atoms with Crippen molar-refractivity contribution in [2.45, 2.75) is 19.8 Å². The monoisotopic (exact) mass is 296 g/mol. The van der Waals surface area contributed by atoms with Gasteiger partial charge in [-0.2, -0.15) is 0 Å². The molecule has 0 aliphatic carbocycles. The summed E-state index contributed by atoms with van der Waals surface area (Å²) in [7, 11) is 3.10. The summed E-state index contributed by atoms with van der Waals surface area (Å²) in [6, 6.07) is 5.17. The van der Waals surface area contributed by atoms with E-state index in [0.717, 1.165) is 12.8 Å². The van der Waals surface area contributed by atoms with Crippen molar-refractivity contribution in [3.63, 3.8) is 0 Å². The summed E-state index contributed by atoms with van der Waals surface area (Å²) < 4.78 is 10.3. The number of methoxy groups -OCH3 is 2. The first-order valence-corrected chi connectivity index (χ1v) is 6.84. The first-order valence-electron chi connectivity index (χ1n) is 6.43. The normalized spacial score (nSPS) is 9.75. The third-order valence-electron chi connectivity index (χ3n) is 2.68. The fraction of sp³-hybridized carbons (Fsp3) is 0.429. The maximum absolute atomic E-state index is 12.0. The Morgan fingerprint density at radius 1 is 1.30 bits per heavy atom. The van der Waals surface area contributed by atoms with E-state index in [1.807, 2.05) is 0 Å². The Labute approximate surface area is 124 Å². The molecule has 0 heterocycles. The summed E-state index contributed by atoms with van der Waals surface area (Å²) in [4.78, 5) is 12.1. The Hall–Kier alpha value is -1.82. The number of benzene rings is 1. The number of hydrogen-bond donors (Lipinski definition) is 2. The van der Waals surface area contributed by atoms with Crippen LogP contribution in [0.3, 0.4) is 0 Å². The molecule has 0 radical (unpaired) electrons. The van der Waals surface area contributed by atoms with Gasteiger partial charge in [-0.1, -0.05) is 25.6 Å². The number of amides is 1. The van der Waals surface area contributed by atoms with Crippen molar-refractivity contribution in [2.24, 2.45) is 0 Å². The minimum absolute atomic E-state index is 0.170. The molecule has 2 N–H and O–H groups in total. The number of thiocarbonyl (C=S) groups is 1. The average Bonchev–Trinajstić information content (AvgIpc) is 2.47. The van der Waals surface area contributed by atoms with Crippen molar-refractivity contribution in [1.29, 1.82) is 0 Å². The van der Waals surface area contributed by atoms with Gasteiger partial charge in [-0.15, -0.1) is 0 Å². The van der Waals surface area contributed by atoms with Crippen LogP contribution < -0.4 is 20.1 Å². The highest BCUT2D eigenvalue weighted by Gasteiger charge is 2.12. The van der Waals surface area contributed by atoms with Crippen LogP contribution in [0, 0.1) is 0 Å². The zero-order valence-corrected chi connectivity index (χ0v) is 12.8. The van der Waals surface area contributed by atoms with E-state index in [4.69, 9.17) is 21.7 Å². The number of ether oxygens (including phenoxy) is 2. The molecular formula is C14H20N2O3S. The molecule has 6 heteroatoms. The summed E-state index contributed by atoms with van der Waals surface area (Å²) in [5.74, 6) is 0.823. The molecule has 0 aliphatic heterocycles. The van der Waals surface area contributed by atoms with E-state index in [9.17, 15) is 4.79 Å². The topological polar surface area (TPSA) is 59.6 Å². The summed E-state index contributed by atoms with van der Waals surface area (Å²) >= 11 is 5.03. The van der Waals surface area contributed by atoms with Gasteiger partial charge in [0.2, 0.25) is 0 Å². The number of unbranched alkanes of at least 4 members (excludes halogenated alkanes) is 1. The SMILES string of the molecule is CCCCNC(=S)C(=O)Nc1cc(OC)ccc1OC. The van der Waals surface area contributed by atoms with Gasteiger partial charge in [0.15, 0.2) is 4.99 Å². The molecule has 0 spiro atoms. The maximum Gasteiger partial charge on any atom is 0.283 e. The number of rotatable bonds is 6. The molecule has 1 amide bonds. The standard InChI is InChI=1S/C14H20N2O3S/c1-4-5-8-15-14(20)13(17)16-11-9-10(18-2)6-7-12(11)19-3/h6-7,9H,4-5,8H2,1-3H3,(H,15,20)(H,16,17). The van der Waals surface area contributed by atoms with Gasteiger partial charge in [-0.25, -0.2) is 0 Å². The summed E-state index contributed by atoms with van der Waals surface area (Å²) in [6.45, 7) is 2.77. The molecule has 5 nitrogen and oxygen atoms in total. The predicted octanol–water partition coefficient (Wildman–Crippen LogP) is 2.36. The van der Waals surface area contributed by atoms with Gasteiger partial charge in [0.05, 0.1) is 19.9 Å². The minimum atomic E-state index is -0.359. The third kappa shape index (κ3) is 4.70. The van der Waals surface area contributed by atoms with E-state index in [0.29, 0.717) is 23.7 Å². The second kappa shape index (κ2) is 8.37. The van der Waals surface area contributed by atoms with Crippen LogP contribution in [-0.4, -0.2) is 31.7 Å². The van der Waals surface area contributed by atoms with Crippen molar-refractivity contribution in [3.8, 4) is 11.5 Å². The fourth-order valence-electron chi connectivity index (χ4n) is 1.55. The summed E-state index contributed by atoms with van der Waals surface area (Å²) in [5, 5.41) is 5.63. The summed E-state index contributed by atoms with van der Waals surface area (Å²) in [6.07, 6.45) is 2.01. The molecule has 0 saturated carbocycles. The smallest absolute Gasteiger partial charge is 0.283 e. The first kappa shape index (κ1) is 16.2. The van der Waals surface area contributed by atoms with Crippen LogP contribution in [-0.2, 0) is 4.79 Å². The van der Waals surface area contributed by atoms with Crippen LogP contribution in [0.4, 0.5) is 5.69 Å². The molecule has 0 unspecified atom stereocenters. The zero-order chi connectivity index (χ0) is 15.0. The maximum atomic E-state index is 12.0. The van der Waals surface area contributed by atoms with E-state index in [1.165, 1.54) is 7.11 Å². The molecule has 1 rings (SSSR count). The highest BCUT2D eigenvalue weighted by atomic mass is 32.1. The van der Waals surface area contributed by atoms with Gasteiger partial charge >= 0.3 is 0 Å². The van der Waals surface area contributed by atoms with Crippen LogP contribution in [0.1, 0.15) is 19.8 Å². The second-order valence-corrected chi connectivity index (χ2v) is 4.54. The van der Waals surface area contributed by atoms with Crippen LogP contribution in [0.25, 0.3) is 0 Å². The largest absolute Gasteiger partial charge is 0.497 e. The molecule has 0 aliphatic rings. The molecule has 0 fully saturated rings. The molecule has 0 bridgehead atoms. The van der Waals surface area contributed by atoms with Crippen LogP contribution in [0.2, 0.25) is 0 Å². The lowest BCUT2D eigenvalue weighted by atomic mass is 10.2. The molecule has 110 valence electrons. The zero-order valence-electron chi connectivity index (χ0n) is 12.0. The first-order chi connectivity index (χ1) is 9.62. The van der Waals surface area contributed by atoms with Crippen LogP contribution in [0.15, 0.2) is 18.2 Å². The van der Waals surface area contributed by atoms with Crippen molar-refractivity contribution in [2.75, 3.05) is 26.1 Å². The minimum Gasteiger partial charge on any atom is -0.497 e. The van der Waals surface area contributed by atoms with Gasteiger partial charge in [-0.05, 0) is 18.6 Å².